The van der Waals surface area contributed by atoms with Gasteiger partial charge in [0, 0.05) is 21.2 Å². The average Bonchev–Trinajstić information content (AvgIpc) is 3.09. The van der Waals surface area contributed by atoms with E-state index >= 15 is 0 Å². The molecule has 0 saturated carbocycles. The van der Waals surface area contributed by atoms with Crippen molar-refractivity contribution in [2.75, 3.05) is 7.11 Å². The van der Waals surface area contributed by atoms with Gasteiger partial charge in [-0.15, -0.1) is 0 Å². The van der Waals surface area contributed by atoms with E-state index in [2.05, 4.69) is 21.0 Å². The molecule has 0 aromatic heterocycles. The highest BCUT2D eigenvalue weighted by Crippen LogP contribution is 2.42. The van der Waals surface area contributed by atoms with Crippen LogP contribution in [-0.2, 0) is 0 Å². The van der Waals surface area contributed by atoms with Gasteiger partial charge in [-0.2, -0.15) is 5.10 Å². The number of hydrogen-bond acceptors (Lipinski definition) is 6. The molecular weight excluding hydrogens is 438 g/mol. The molecule has 0 bridgehead atoms. The van der Waals surface area contributed by atoms with Gasteiger partial charge in [0.25, 0.3) is 0 Å². The quantitative estimate of drug-likeness (QED) is 0.390. The first-order valence-electron chi connectivity index (χ1n) is 9.07. The lowest BCUT2D eigenvalue weighted by Crippen LogP contribution is -2.40. The molecular formula is C21H18BrN3O4. The number of fused-ring (bicyclic) bond motifs is 1. The van der Waals surface area contributed by atoms with Crippen LogP contribution in [0.25, 0.3) is 0 Å². The summed E-state index contributed by atoms with van der Waals surface area (Å²) in [5.41, 5.74) is 1.20. The highest BCUT2D eigenvalue weighted by atomic mass is 79.9. The molecule has 2 aromatic rings. The standard InChI is InChI=1S/C21H18BrN3O4/c1-29-16-10-6-14(7-11-16)21(26)20-18(13-4-8-15(22)9-5-13)19(25(27)28)17-3-2-12-23-24(17)20/h2-12,17-20H,1H3/t17-,18-,19-,20-/m1/s1. The lowest BCUT2D eigenvalue weighted by Gasteiger charge is -2.27. The van der Waals surface area contributed by atoms with E-state index in [1.807, 2.05) is 24.3 Å². The Morgan fingerprint density at radius 2 is 1.86 bits per heavy atom. The van der Waals surface area contributed by atoms with Crippen LogP contribution in [-0.4, -0.2) is 47.2 Å². The Balaban J connectivity index is 1.81. The third-order valence-electron chi connectivity index (χ3n) is 5.38. The van der Waals surface area contributed by atoms with Gasteiger partial charge in [0.05, 0.1) is 13.0 Å². The number of carbonyl (C=O) groups excluding carboxylic acids is 1. The third-order valence-corrected chi connectivity index (χ3v) is 5.91. The van der Waals surface area contributed by atoms with Crippen molar-refractivity contribution in [3.05, 3.63) is 86.4 Å². The Bertz CT molecular complexity index is 988. The van der Waals surface area contributed by atoms with Gasteiger partial charge in [-0.3, -0.25) is 19.9 Å². The molecule has 148 valence electrons. The second-order valence-electron chi connectivity index (χ2n) is 6.91. The molecule has 0 unspecified atom stereocenters. The number of hydrazone groups is 1. The summed E-state index contributed by atoms with van der Waals surface area (Å²) in [6.07, 6.45) is 5.00. The smallest absolute Gasteiger partial charge is 0.247 e. The normalized spacial score (nSPS) is 25.0. The molecule has 0 amide bonds. The van der Waals surface area contributed by atoms with Gasteiger partial charge in [0.1, 0.15) is 17.8 Å². The summed E-state index contributed by atoms with van der Waals surface area (Å²) in [4.78, 5) is 25.3. The summed E-state index contributed by atoms with van der Waals surface area (Å²) >= 11 is 3.40. The van der Waals surface area contributed by atoms with E-state index in [1.165, 1.54) is 0 Å². The Hall–Kier alpha value is -3.00. The second kappa shape index (κ2) is 7.79. The van der Waals surface area contributed by atoms with E-state index in [4.69, 9.17) is 4.74 Å². The summed E-state index contributed by atoms with van der Waals surface area (Å²) in [5, 5.41) is 18.0. The van der Waals surface area contributed by atoms with E-state index in [1.54, 1.807) is 54.8 Å². The van der Waals surface area contributed by atoms with Crippen molar-refractivity contribution >= 4 is 27.9 Å². The fraction of sp³-hybridized carbons (Fsp3) is 0.238. The van der Waals surface area contributed by atoms with Gasteiger partial charge in [-0.05, 0) is 48.0 Å². The fourth-order valence-electron chi connectivity index (χ4n) is 4.07. The number of rotatable bonds is 5. The van der Waals surface area contributed by atoms with Gasteiger partial charge in [-0.25, -0.2) is 0 Å². The molecule has 7 nitrogen and oxygen atoms in total. The van der Waals surface area contributed by atoms with E-state index in [0.717, 1.165) is 10.0 Å². The highest BCUT2D eigenvalue weighted by Gasteiger charge is 2.58. The van der Waals surface area contributed by atoms with Crippen molar-refractivity contribution in [2.24, 2.45) is 5.10 Å². The topological polar surface area (TPSA) is 85.0 Å². The van der Waals surface area contributed by atoms with Crippen molar-refractivity contribution in [1.29, 1.82) is 0 Å². The second-order valence-corrected chi connectivity index (χ2v) is 7.83. The van der Waals surface area contributed by atoms with Gasteiger partial charge >= 0.3 is 0 Å². The van der Waals surface area contributed by atoms with Gasteiger partial charge in [0.15, 0.2) is 5.78 Å². The van der Waals surface area contributed by atoms with Gasteiger partial charge in [-0.1, -0.05) is 34.1 Å². The minimum atomic E-state index is -0.989. The van der Waals surface area contributed by atoms with Crippen LogP contribution in [0.15, 0.2) is 70.3 Å². The number of hydrogen-bond donors (Lipinski definition) is 0. The minimum Gasteiger partial charge on any atom is -0.497 e. The van der Waals surface area contributed by atoms with Crippen molar-refractivity contribution in [1.82, 2.24) is 5.01 Å². The number of nitrogens with zero attached hydrogens (tertiary/aromatic N) is 3. The number of benzene rings is 2. The number of halogens is 1. The molecule has 8 heteroatoms. The largest absolute Gasteiger partial charge is 0.497 e. The van der Waals surface area contributed by atoms with Crippen LogP contribution in [0, 0.1) is 10.1 Å². The number of nitro groups is 1. The molecule has 2 aromatic carbocycles. The predicted octanol–water partition coefficient (Wildman–Crippen LogP) is 3.68. The molecule has 2 aliphatic heterocycles. The Morgan fingerprint density at radius 3 is 2.48 bits per heavy atom. The SMILES string of the molecule is COc1ccc(C(=O)[C@H]2[C@H](c3ccc(Br)cc3)[C@H]([N+](=O)[O-])[C@H]3C=CC=NN32)cc1. The molecule has 0 N–H and O–H groups in total. The van der Waals surface area contributed by atoms with Crippen LogP contribution >= 0.6 is 15.9 Å². The van der Waals surface area contributed by atoms with Crippen LogP contribution in [0.4, 0.5) is 0 Å². The summed E-state index contributed by atoms with van der Waals surface area (Å²) < 4.78 is 6.03. The average molecular weight is 456 g/mol. The van der Waals surface area contributed by atoms with E-state index in [-0.39, 0.29) is 10.7 Å². The Kier molecular flexibility index (Phi) is 5.19. The number of methoxy groups -OCH3 is 1. The molecule has 4 atom stereocenters. The number of ketones is 1. The fourth-order valence-corrected chi connectivity index (χ4v) is 4.33. The van der Waals surface area contributed by atoms with Crippen LogP contribution in [0.2, 0.25) is 0 Å². The minimum absolute atomic E-state index is 0.206. The van der Waals surface area contributed by atoms with E-state index in [0.29, 0.717) is 11.3 Å². The van der Waals surface area contributed by atoms with Crippen LogP contribution in [0.3, 0.4) is 0 Å². The van der Waals surface area contributed by atoms with Crippen molar-refractivity contribution < 1.29 is 14.5 Å². The Morgan fingerprint density at radius 1 is 1.17 bits per heavy atom. The maximum absolute atomic E-state index is 13.5. The lowest BCUT2D eigenvalue weighted by atomic mass is 9.84. The maximum atomic E-state index is 13.5. The van der Waals surface area contributed by atoms with Gasteiger partial charge in [0.2, 0.25) is 6.04 Å². The molecule has 2 heterocycles. The van der Waals surface area contributed by atoms with Crippen molar-refractivity contribution in [3.8, 4) is 5.75 Å². The monoisotopic (exact) mass is 455 g/mol. The Labute approximate surface area is 175 Å². The summed E-state index contributed by atoms with van der Waals surface area (Å²) in [6, 6.07) is 11.7. The predicted molar refractivity (Wildman–Crippen MR) is 112 cm³/mol. The van der Waals surface area contributed by atoms with Crippen LogP contribution in [0.5, 0.6) is 5.75 Å². The van der Waals surface area contributed by atoms with Crippen LogP contribution < -0.4 is 4.74 Å². The zero-order valence-corrected chi connectivity index (χ0v) is 17.1. The summed E-state index contributed by atoms with van der Waals surface area (Å²) in [6.45, 7) is 0. The molecule has 1 saturated heterocycles. The first kappa shape index (κ1) is 19.3. The number of allylic oxidation sites excluding steroid dienone is 1. The number of Topliss-reactive ketones (excluding diaryl/α,β-unsaturated/α-hetero) is 1. The van der Waals surface area contributed by atoms with E-state index in [9.17, 15) is 14.9 Å². The van der Waals surface area contributed by atoms with Crippen molar-refractivity contribution in [3.63, 3.8) is 0 Å². The molecule has 0 aliphatic carbocycles. The molecule has 0 radical (unpaired) electrons. The first-order chi connectivity index (χ1) is 14.0. The zero-order chi connectivity index (χ0) is 20.5. The lowest BCUT2D eigenvalue weighted by molar-refractivity contribution is -0.525. The maximum Gasteiger partial charge on any atom is 0.247 e. The number of ether oxygens (including phenoxy) is 1. The number of carbonyl (C=O) groups is 1. The van der Waals surface area contributed by atoms with Gasteiger partial charge < -0.3 is 4.74 Å². The summed E-state index contributed by atoms with van der Waals surface area (Å²) in [5.74, 6) is -0.211. The van der Waals surface area contributed by atoms with E-state index < -0.39 is 24.0 Å². The molecule has 4 rings (SSSR count). The first-order valence-corrected chi connectivity index (χ1v) is 9.87. The molecule has 2 aliphatic rings. The molecule has 1 fully saturated rings. The third kappa shape index (κ3) is 3.44. The molecule has 29 heavy (non-hydrogen) atoms. The highest BCUT2D eigenvalue weighted by molar-refractivity contribution is 9.10. The zero-order valence-electron chi connectivity index (χ0n) is 15.5. The van der Waals surface area contributed by atoms with Crippen LogP contribution in [0.1, 0.15) is 21.8 Å². The summed E-state index contributed by atoms with van der Waals surface area (Å²) in [7, 11) is 1.55. The molecule has 0 spiro atoms. The van der Waals surface area contributed by atoms with Crippen molar-refractivity contribution in [2.45, 2.75) is 24.0 Å².